The molecule has 2 N–H and O–H groups in total. The normalized spacial score (nSPS) is 19.1. The Morgan fingerprint density at radius 3 is 1.72 bits per heavy atom. The zero-order valence-corrected chi connectivity index (χ0v) is 9.69. The molecule has 1 aromatic heterocycles. The fraction of sp³-hybridized carbons (Fsp3) is 0.364. The smallest absolute Gasteiger partial charge is 0.176 e. The second-order valence-corrected chi connectivity index (χ2v) is 4.28. The van der Waals surface area contributed by atoms with Gasteiger partial charge in [0, 0.05) is 49.7 Å². The first-order valence-corrected chi connectivity index (χ1v) is 5.73. The molecule has 0 aromatic carbocycles. The van der Waals surface area contributed by atoms with E-state index in [4.69, 9.17) is 10.4 Å². The average molecular weight is 247 g/mol. The quantitative estimate of drug-likeness (QED) is 0.252. The van der Waals surface area contributed by atoms with Gasteiger partial charge in [-0.25, -0.2) is 0 Å². The van der Waals surface area contributed by atoms with Crippen molar-refractivity contribution in [2.45, 2.75) is 0 Å². The summed E-state index contributed by atoms with van der Waals surface area (Å²) in [7, 11) is 0. The third-order valence-electron chi connectivity index (χ3n) is 2.94. The fourth-order valence-electron chi connectivity index (χ4n) is 1.82. The van der Waals surface area contributed by atoms with E-state index in [1.165, 1.54) is 0 Å². The zero-order valence-electron chi connectivity index (χ0n) is 9.69. The standard InChI is InChI=1S/C11H13N5O2/c17-13-10(15-1-2-15)8-5-9(7-12-6-8)11(14-18)16-3-4-16/h5-7,17-18H,1-4H2/b13-10-,14-11+. The molecule has 94 valence electrons. The molecule has 3 rings (SSSR count). The lowest BCUT2D eigenvalue weighted by atomic mass is 10.1. The fourth-order valence-corrected chi connectivity index (χ4v) is 1.82. The molecule has 1 aromatic rings. The minimum absolute atomic E-state index is 0.507. The molecule has 2 aliphatic heterocycles. The third kappa shape index (κ3) is 1.94. The van der Waals surface area contributed by atoms with Crippen molar-refractivity contribution in [2.24, 2.45) is 10.3 Å². The van der Waals surface area contributed by atoms with Gasteiger partial charge in [-0.2, -0.15) is 0 Å². The van der Waals surface area contributed by atoms with Gasteiger partial charge in [0.15, 0.2) is 11.7 Å². The molecule has 7 heteroatoms. The van der Waals surface area contributed by atoms with Crippen LogP contribution in [0.5, 0.6) is 0 Å². The van der Waals surface area contributed by atoms with E-state index in [2.05, 4.69) is 15.3 Å². The number of pyridine rings is 1. The Labute approximate surface area is 104 Å². The van der Waals surface area contributed by atoms with Gasteiger partial charge in [-0.1, -0.05) is 10.3 Å². The van der Waals surface area contributed by atoms with Gasteiger partial charge in [-0.05, 0) is 6.07 Å². The predicted octanol–water partition coefficient (Wildman–Crippen LogP) is -0.0156. The van der Waals surface area contributed by atoms with E-state index in [0.29, 0.717) is 11.7 Å². The molecule has 0 unspecified atom stereocenters. The Kier molecular flexibility index (Phi) is 2.51. The van der Waals surface area contributed by atoms with Gasteiger partial charge in [0.1, 0.15) is 0 Å². The minimum Gasteiger partial charge on any atom is -0.409 e. The molecule has 18 heavy (non-hydrogen) atoms. The molecule has 0 amide bonds. The summed E-state index contributed by atoms with van der Waals surface area (Å²) in [4.78, 5) is 7.95. The van der Waals surface area contributed by atoms with E-state index < -0.39 is 0 Å². The van der Waals surface area contributed by atoms with Gasteiger partial charge in [-0.15, -0.1) is 0 Å². The van der Waals surface area contributed by atoms with Crippen LogP contribution in [0.15, 0.2) is 28.8 Å². The summed E-state index contributed by atoms with van der Waals surface area (Å²) in [6.07, 6.45) is 3.27. The van der Waals surface area contributed by atoms with Gasteiger partial charge in [0.25, 0.3) is 0 Å². The van der Waals surface area contributed by atoms with E-state index in [1.807, 2.05) is 15.9 Å². The largest absolute Gasteiger partial charge is 0.409 e. The van der Waals surface area contributed by atoms with Crippen LogP contribution in [0.2, 0.25) is 0 Å². The second-order valence-electron chi connectivity index (χ2n) is 4.28. The first-order chi connectivity index (χ1) is 8.83. The zero-order chi connectivity index (χ0) is 12.5. The second kappa shape index (κ2) is 4.17. The Morgan fingerprint density at radius 2 is 1.39 bits per heavy atom. The van der Waals surface area contributed by atoms with Gasteiger partial charge in [0.05, 0.1) is 0 Å². The Hall–Kier alpha value is -2.31. The van der Waals surface area contributed by atoms with Crippen LogP contribution in [0.3, 0.4) is 0 Å². The molecule has 2 saturated heterocycles. The molecule has 2 fully saturated rings. The lowest BCUT2D eigenvalue weighted by Crippen LogP contribution is -2.17. The van der Waals surface area contributed by atoms with Crippen LogP contribution in [-0.2, 0) is 0 Å². The lowest BCUT2D eigenvalue weighted by Gasteiger charge is -2.09. The molecule has 3 heterocycles. The van der Waals surface area contributed by atoms with Crippen LogP contribution in [-0.4, -0.2) is 63.0 Å². The first kappa shape index (κ1) is 10.8. The summed E-state index contributed by atoms with van der Waals surface area (Å²) in [6.45, 7) is 3.54. The highest BCUT2D eigenvalue weighted by atomic mass is 16.4. The molecule has 0 bridgehead atoms. The van der Waals surface area contributed by atoms with Crippen LogP contribution < -0.4 is 0 Å². The van der Waals surface area contributed by atoms with Crippen molar-refractivity contribution in [1.82, 2.24) is 14.8 Å². The van der Waals surface area contributed by atoms with E-state index in [1.54, 1.807) is 12.4 Å². The summed E-state index contributed by atoms with van der Waals surface area (Å²) in [5.41, 5.74) is 1.44. The molecule has 2 aliphatic rings. The van der Waals surface area contributed by atoms with Crippen LogP contribution in [0.25, 0.3) is 0 Å². The Bertz CT molecular complexity index is 477. The predicted molar refractivity (Wildman–Crippen MR) is 64.0 cm³/mol. The number of nitrogens with zero attached hydrogens (tertiary/aromatic N) is 5. The van der Waals surface area contributed by atoms with Gasteiger partial charge in [-0.3, -0.25) is 4.98 Å². The Balaban J connectivity index is 1.93. The van der Waals surface area contributed by atoms with Crippen LogP contribution in [0, 0.1) is 0 Å². The van der Waals surface area contributed by atoms with E-state index in [0.717, 1.165) is 37.3 Å². The highest BCUT2D eigenvalue weighted by molar-refractivity contribution is 6.04. The van der Waals surface area contributed by atoms with E-state index in [9.17, 15) is 0 Å². The number of oxime groups is 2. The molecule has 0 aliphatic carbocycles. The third-order valence-corrected chi connectivity index (χ3v) is 2.94. The number of aromatic nitrogens is 1. The maximum Gasteiger partial charge on any atom is 0.176 e. The van der Waals surface area contributed by atoms with Crippen molar-refractivity contribution in [3.05, 3.63) is 29.6 Å². The number of hydrogen-bond donors (Lipinski definition) is 2. The summed E-state index contributed by atoms with van der Waals surface area (Å²) in [6, 6.07) is 1.81. The van der Waals surface area contributed by atoms with Crippen LogP contribution in [0.4, 0.5) is 0 Å². The van der Waals surface area contributed by atoms with E-state index in [-0.39, 0.29) is 0 Å². The average Bonchev–Trinajstić information content (AvgIpc) is 3.25. The highest BCUT2D eigenvalue weighted by Gasteiger charge is 2.27. The molecule has 0 atom stereocenters. The summed E-state index contributed by atoms with van der Waals surface area (Å²) < 4.78 is 0. The minimum atomic E-state index is 0.507. The molecule has 0 saturated carbocycles. The molecule has 7 nitrogen and oxygen atoms in total. The number of rotatable bonds is 2. The van der Waals surface area contributed by atoms with Gasteiger partial charge < -0.3 is 20.2 Å². The summed E-state index contributed by atoms with van der Waals surface area (Å²) in [5.74, 6) is 1.01. The van der Waals surface area contributed by atoms with Crippen LogP contribution >= 0.6 is 0 Å². The van der Waals surface area contributed by atoms with E-state index >= 15 is 0 Å². The maximum atomic E-state index is 9.03. The van der Waals surface area contributed by atoms with Crippen molar-refractivity contribution < 1.29 is 10.4 Å². The van der Waals surface area contributed by atoms with Crippen LogP contribution in [0.1, 0.15) is 11.1 Å². The number of hydrogen-bond acceptors (Lipinski definition) is 5. The van der Waals surface area contributed by atoms with Crippen molar-refractivity contribution in [3.63, 3.8) is 0 Å². The molecule has 0 radical (unpaired) electrons. The monoisotopic (exact) mass is 247 g/mol. The summed E-state index contributed by atoms with van der Waals surface area (Å²) >= 11 is 0. The lowest BCUT2D eigenvalue weighted by molar-refractivity contribution is 0.314. The topological polar surface area (TPSA) is 84.1 Å². The van der Waals surface area contributed by atoms with Gasteiger partial charge >= 0.3 is 0 Å². The molecular formula is C11H13N5O2. The summed E-state index contributed by atoms with van der Waals surface area (Å²) in [5, 5.41) is 24.6. The SMILES string of the molecule is O/N=C(/c1cncc(/C(=N\O)N2CC2)c1)N1CC1. The van der Waals surface area contributed by atoms with Crippen molar-refractivity contribution in [1.29, 1.82) is 0 Å². The maximum absolute atomic E-state index is 9.03. The number of amidine groups is 2. The van der Waals surface area contributed by atoms with Crippen molar-refractivity contribution >= 4 is 11.7 Å². The van der Waals surface area contributed by atoms with Crippen molar-refractivity contribution in [2.75, 3.05) is 26.2 Å². The Morgan fingerprint density at radius 1 is 0.944 bits per heavy atom. The van der Waals surface area contributed by atoms with Gasteiger partial charge in [0.2, 0.25) is 0 Å². The van der Waals surface area contributed by atoms with Crippen molar-refractivity contribution in [3.8, 4) is 0 Å². The highest BCUT2D eigenvalue weighted by Crippen LogP contribution is 2.17. The molecule has 0 spiro atoms. The first-order valence-electron chi connectivity index (χ1n) is 5.73. The molecular weight excluding hydrogens is 234 g/mol.